The summed E-state index contributed by atoms with van der Waals surface area (Å²) in [6.45, 7) is 2.47. The molecule has 3 rings (SSSR count). The lowest BCUT2D eigenvalue weighted by molar-refractivity contribution is 0.0845. The van der Waals surface area contributed by atoms with Crippen molar-refractivity contribution in [2.45, 2.75) is 37.0 Å². The molecule has 4 heteroatoms. The zero-order chi connectivity index (χ0) is 11.0. The lowest BCUT2D eigenvalue weighted by Crippen LogP contribution is -2.21. The minimum Gasteiger partial charge on any atom is -0.381 e. The second-order valence-electron chi connectivity index (χ2n) is 5.06. The first kappa shape index (κ1) is 10.3. The van der Waals surface area contributed by atoms with Gasteiger partial charge in [0.1, 0.15) is 5.82 Å². The van der Waals surface area contributed by atoms with Crippen LogP contribution in [0.25, 0.3) is 0 Å². The number of ether oxygens (including phenoxy) is 1. The monoisotopic (exact) mass is 221 g/mol. The first-order valence-electron chi connectivity index (χ1n) is 6.17. The highest BCUT2D eigenvalue weighted by Crippen LogP contribution is 2.46. The Labute approximate surface area is 95.6 Å². The van der Waals surface area contributed by atoms with Crippen molar-refractivity contribution in [3.05, 3.63) is 17.7 Å². The van der Waals surface area contributed by atoms with Crippen molar-refractivity contribution in [1.29, 1.82) is 0 Å². The topological polar surface area (TPSA) is 63.9 Å². The molecule has 2 fully saturated rings. The van der Waals surface area contributed by atoms with Crippen molar-refractivity contribution in [1.82, 2.24) is 9.97 Å². The van der Waals surface area contributed by atoms with Crippen LogP contribution in [-0.2, 0) is 10.2 Å². The van der Waals surface area contributed by atoms with Gasteiger partial charge in [0.25, 0.3) is 0 Å². The molecule has 0 spiro atoms. The molecule has 3 N–H and O–H groups in total. The zero-order valence-corrected chi connectivity index (χ0v) is 9.54. The van der Waals surface area contributed by atoms with E-state index in [9.17, 15) is 0 Å². The smallest absolute Gasteiger partial charge is 0.113 e. The van der Waals surface area contributed by atoms with Crippen LogP contribution in [0, 0.1) is 0 Å². The fourth-order valence-electron chi connectivity index (χ4n) is 2.51. The van der Waals surface area contributed by atoms with Gasteiger partial charge >= 0.3 is 0 Å². The highest BCUT2D eigenvalue weighted by atomic mass is 16.5. The predicted octanol–water partition coefficient (Wildman–Crippen LogP) is 1.29. The number of H-pyrrole nitrogens is 1. The van der Waals surface area contributed by atoms with E-state index in [1.54, 1.807) is 0 Å². The Morgan fingerprint density at radius 1 is 1.44 bits per heavy atom. The van der Waals surface area contributed by atoms with Crippen molar-refractivity contribution >= 4 is 0 Å². The molecular formula is C12H19N3O. The second kappa shape index (κ2) is 3.86. The molecule has 2 aliphatic rings. The lowest BCUT2D eigenvalue weighted by atomic mass is 9.97. The fraction of sp³-hybridized carbons (Fsp3) is 0.750. The van der Waals surface area contributed by atoms with Gasteiger partial charge in [-0.05, 0) is 25.7 Å². The third-order valence-corrected chi connectivity index (χ3v) is 4.00. The molecule has 1 aliphatic heterocycles. The normalized spacial score (nSPS) is 24.6. The van der Waals surface area contributed by atoms with E-state index < -0.39 is 0 Å². The van der Waals surface area contributed by atoms with Crippen molar-refractivity contribution < 1.29 is 4.74 Å². The van der Waals surface area contributed by atoms with E-state index in [2.05, 4.69) is 9.97 Å². The van der Waals surface area contributed by atoms with Crippen molar-refractivity contribution in [2.24, 2.45) is 5.73 Å². The van der Waals surface area contributed by atoms with Gasteiger partial charge in [0.15, 0.2) is 0 Å². The van der Waals surface area contributed by atoms with Crippen molar-refractivity contribution in [3.63, 3.8) is 0 Å². The average Bonchev–Trinajstić information content (AvgIpc) is 3.00. The number of imidazole rings is 1. The van der Waals surface area contributed by atoms with Crippen molar-refractivity contribution in [3.8, 4) is 0 Å². The van der Waals surface area contributed by atoms with Gasteiger partial charge in [-0.15, -0.1) is 0 Å². The van der Waals surface area contributed by atoms with Crippen LogP contribution in [0.3, 0.4) is 0 Å². The summed E-state index contributed by atoms with van der Waals surface area (Å²) in [5.41, 5.74) is 7.27. The minimum absolute atomic E-state index is 0.184. The van der Waals surface area contributed by atoms with Gasteiger partial charge in [-0.25, -0.2) is 4.98 Å². The van der Waals surface area contributed by atoms with E-state index in [4.69, 9.17) is 10.5 Å². The number of nitrogens with two attached hydrogens (primary N) is 1. The van der Waals surface area contributed by atoms with E-state index in [1.165, 1.54) is 18.5 Å². The standard InChI is InChI=1S/C12H19N3O/c13-8-12(3-4-12)11-14-7-10(15-11)9-1-5-16-6-2-9/h7,9H,1-6,8,13H2,(H,14,15). The Morgan fingerprint density at radius 2 is 2.19 bits per heavy atom. The maximum atomic E-state index is 5.81. The first-order chi connectivity index (χ1) is 7.84. The molecule has 88 valence electrons. The van der Waals surface area contributed by atoms with Crippen LogP contribution in [0.4, 0.5) is 0 Å². The van der Waals surface area contributed by atoms with E-state index in [0.717, 1.165) is 31.9 Å². The van der Waals surface area contributed by atoms with E-state index >= 15 is 0 Å². The van der Waals surface area contributed by atoms with Gasteiger partial charge in [0.05, 0.1) is 0 Å². The summed E-state index contributed by atoms with van der Waals surface area (Å²) >= 11 is 0. The van der Waals surface area contributed by atoms with E-state index in [0.29, 0.717) is 12.5 Å². The highest BCUT2D eigenvalue weighted by molar-refractivity contribution is 5.22. The Kier molecular flexibility index (Phi) is 2.48. The van der Waals surface area contributed by atoms with Crippen LogP contribution >= 0.6 is 0 Å². The summed E-state index contributed by atoms with van der Waals surface area (Å²) in [5, 5.41) is 0. The third-order valence-electron chi connectivity index (χ3n) is 4.00. The molecule has 1 aromatic rings. The highest BCUT2D eigenvalue weighted by Gasteiger charge is 2.45. The number of nitrogens with zero attached hydrogens (tertiary/aromatic N) is 1. The number of rotatable bonds is 3. The largest absolute Gasteiger partial charge is 0.381 e. The van der Waals surface area contributed by atoms with Crippen LogP contribution < -0.4 is 5.73 Å². The number of aromatic amines is 1. The van der Waals surface area contributed by atoms with Crippen LogP contribution in [0.5, 0.6) is 0 Å². The molecule has 1 aliphatic carbocycles. The number of nitrogens with one attached hydrogen (secondary N) is 1. The van der Waals surface area contributed by atoms with E-state index in [1.807, 2.05) is 6.20 Å². The second-order valence-corrected chi connectivity index (χ2v) is 5.06. The molecule has 0 amide bonds. The van der Waals surface area contributed by atoms with E-state index in [-0.39, 0.29) is 5.41 Å². The van der Waals surface area contributed by atoms with Crippen LogP contribution in [0.1, 0.15) is 43.1 Å². The summed E-state index contributed by atoms with van der Waals surface area (Å²) in [7, 11) is 0. The van der Waals surface area contributed by atoms with Gasteiger partial charge in [-0.2, -0.15) is 0 Å². The van der Waals surface area contributed by atoms with Crippen LogP contribution in [-0.4, -0.2) is 29.7 Å². The summed E-state index contributed by atoms with van der Waals surface area (Å²) < 4.78 is 5.37. The molecule has 1 saturated carbocycles. The summed E-state index contributed by atoms with van der Waals surface area (Å²) in [5.74, 6) is 1.71. The Bertz CT molecular complexity index is 364. The molecule has 0 bridgehead atoms. The van der Waals surface area contributed by atoms with Crippen LogP contribution in [0.15, 0.2) is 6.20 Å². The SMILES string of the molecule is NCC1(c2ncc(C3CCOCC3)[nH]2)CC1. The quantitative estimate of drug-likeness (QED) is 0.808. The predicted molar refractivity (Wildman–Crippen MR) is 61.3 cm³/mol. The minimum atomic E-state index is 0.184. The number of hydrogen-bond donors (Lipinski definition) is 2. The van der Waals surface area contributed by atoms with Crippen LogP contribution in [0.2, 0.25) is 0 Å². The molecule has 0 aromatic carbocycles. The molecular weight excluding hydrogens is 202 g/mol. The molecule has 0 atom stereocenters. The zero-order valence-electron chi connectivity index (χ0n) is 9.54. The third kappa shape index (κ3) is 1.66. The molecule has 16 heavy (non-hydrogen) atoms. The van der Waals surface area contributed by atoms with Gasteiger partial charge in [-0.1, -0.05) is 0 Å². The molecule has 1 saturated heterocycles. The van der Waals surface area contributed by atoms with Gasteiger partial charge < -0.3 is 15.5 Å². The Morgan fingerprint density at radius 3 is 2.81 bits per heavy atom. The fourth-order valence-corrected chi connectivity index (χ4v) is 2.51. The molecule has 4 nitrogen and oxygen atoms in total. The first-order valence-corrected chi connectivity index (χ1v) is 6.17. The molecule has 0 unspecified atom stereocenters. The number of hydrogen-bond acceptors (Lipinski definition) is 3. The maximum absolute atomic E-state index is 5.81. The molecule has 1 aromatic heterocycles. The summed E-state index contributed by atoms with van der Waals surface area (Å²) in [6, 6.07) is 0. The molecule has 2 heterocycles. The van der Waals surface area contributed by atoms with Crippen molar-refractivity contribution in [2.75, 3.05) is 19.8 Å². The lowest BCUT2D eigenvalue weighted by Gasteiger charge is -2.20. The number of aromatic nitrogens is 2. The van der Waals surface area contributed by atoms with Gasteiger partial charge in [-0.3, -0.25) is 0 Å². The Hall–Kier alpha value is -0.870. The Balaban J connectivity index is 1.77. The summed E-state index contributed by atoms with van der Waals surface area (Å²) in [4.78, 5) is 8.01. The van der Waals surface area contributed by atoms with Gasteiger partial charge in [0, 0.05) is 43.0 Å². The maximum Gasteiger partial charge on any atom is 0.113 e. The molecule has 0 radical (unpaired) electrons. The average molecular weight is 221 g/mol. The summed E-state index contributed by atoms with van der Waals surface area (Å²) in [6.07, 6.45) is 6.59. The van der Waals surface area contributed by atoms with Gasteiger partial charge in [0.2, 0.25) is 0 Å².